The quantitative estimate of drug-likeness (QED) is 0.294. The van der Waals surface area contributed by atoms with Crippen LogP contribution in [0.1, 0.15) is 75.9 Å². The summed E-state index contributed by atoms with van der Waals surface area (Å²) in [5.41, 5.74) is 6.06. The normalized spacial score (nSPS) is 20.9. The Morgan fingerprint density at radius 3 is 2.28 bits per heavy atom. The number of hydrogen-bond donors (Lipinski definition) is 1. The van der Waals surface area contributed by atoms with Crippen LogP contribution in [0.5, 0.6) is 11.5 Å². The maximum absolute atomic E-state index is 14.1. The van der Waals surface area contributed by atoms with E-state index in [4.69, 9.17) is 9.47 Å². The Morgan fingerprint density at radius 2 is 1.59 bits per heavy atom. The topological polar surface area (TPSA) is 143 Å². The molecule has 13 nitrogen and oxygen atoms in total. The number of imide groups is 1. The molecular weight excluding hydrogens is 688 g/mol. The third kappa shape index (κ3) is 5.47. The van der Waals surface area contributed by atoms with Crippen molar-refractivity contribution in [2.24, 2.45) is 12.5 Å². The SMILES string of the molecule is COc1cc(-c2cn(C)c(=O)c3cnccc23)cc(OC)c1C(=O)N1CCC2(CC1)CC(N1Cc3cc4c(cc3C1)C(=O)N(C1CCC(=O)NC1=O)C4)C2. The number of aromatic nitrogens is 2. The minimum absolute atomic E-state index is 0.121. The molecule has 278 valence electrons. The number of fused-ring (bicyclic) bond motifs is 3. The molecule has 6 heterocycles. The molecule has 0 bridgehead atoms. The molecule has 4 amide bonds. The Hall–Kier alpha value is -5.56. The van der Waals surface area contributed by atoms with Gasteiger partial charge in [-0.1, -0.05) is 6.07 Å². The summed E-state index contributed by atoms with van der Waals surface area (Å²) < 4.78 is 13.1. The van der Waals surface area contributed by atoms with Crippen LogP contribution in [0, 0.1) is 5.41 Å². The minimum Gasteiger partial charge on any atom is -0.496 e. The predicted octanol–water partition coefficient (Wildman–Crippen LogP) is 3.78. The van der Waals surface area contributed by atoms with Gasteiger partial charge in [-0.25, -0.2) is 0 Å². The molecule has 0 radical (unpaired) electrons. The second-order valence-electron chi connectivity index (χ2n) is 15.6. The van der Waals surface area contributed by atoms with E-state index in [-0.39, 0.29) is 41.0 Å². The molecule has 1 N–H and O–H groups in total. The number of benzene rings is 2. The third-order valence-electron chi connectivity index (χ3n) is 12.6. The van der Waals surface area contributed by atoms with Crippen LogP contribution in [-0.2, 0) is 36.3 Å². The van der Waals surface area contributed by atoms with Crippen molar-refractivity contribution in [3.63, 3.8) is 0 Å². The Kier molecular flexibility index (Phi) is 8.11. The zero-order valence-corrected chi connectivity index (χ0v) is 30.6. The van der Waals surface area contributed by atoms with Crippen LogP contribution in [-0.4, -0.2) is 87.3 Å². The van der Waals surface area contributed by atoms with Gasteiger partial charge in [-0.05, 0) is 89.4 Å². The molecule has 4 aliphatic heterocycles. The number of ether oxygens (including phenoxy) is 2. The number of nitrogens with zero attached hydrogens (tertiary/aromatic N) is 5. The average molecular weight is 731 g/mol. The maximum Gasteiger partial charge on any atom is 0.261 e. The summed E-state index contributed by atoms with van der Waals surface area (Å²) in [7, 11) is 4.81. The summed E-state index contributed by atoms with van der Waals surface area (Å²) >= 11 is 0. The van der Waals surface area contributed by atoms with E-state index >= 15 is 0 Å². The first-order valence-electron chi connectivity index (χ1n) is 18.6. The molecule has 5 aliphatic rings. The van der Waals surface area contributed by atoms with Gasteiger partial charge in [0.2, 0.25) is 11.8 Å². The van der Waals surface area contributed by atoms with Crippen LogP contribution >= 0.6 is 0 Å². The van der Waals surface area contributed by atoms with Crippen LogP contribution < -0.4 is 20.3 Å². The fourth-order valence-electron chi connectivity index (χ4n) is 9.53. The zero-order chi connectivity index (χ0) is 37.5. The number of methoxy groups -OCH3 is 2. The van der Waals surface area contributed by atoms with E-state index < -0.39 is 6.04 Å². The molecule has 1 unspecified atom stereocenters. The molecule has 13 heteroatoms. The number of rotatable bonds is 6. The number of nitrogens with one attached hydrogen (secondary N) is 1. The van der Waals surface area contributed by atoms with Crippen LogP contribution in [0.15, 0.2) is 53.7 Å². The highest BCUT2D eigenvalue weighted by Gasteiger charge is 2.49. The first kappa shape index (κ1) is 34.2. The van der Waals surface area contributed by atoms with E-state index in [2.05, 4.69) is 21.3 Å². The monoisotopic (exact) mass is 730 g/mol. The lowest BCUT2D eigenvalue weighted by Crippen LogP contribution is -2.54. The minimum atomic E-state index is -0.607. The largest absolute Gasteiger partial charge is 0.496 e. The average Bonchev–Trinajstić information content (AvgIpc) is 3.72. The molecule has 4 aromatic rings. The van der Waals surface area contributed by atoms with E-state index in [1.165, 1.54) is 15.7 Å². The Bertz CT molecular complexity index is 2310. The lowest BCUT2D eigenvalue weighted by Gasteiger charge is -2.54. The van der Waals surface area contributed by atoms with E-state index in [1.807, 2.05) is 29.2 Å². The predicted molar refractivity (Wildman–Crippen MR) is 198 cm³/mol. The number of amides is 4. The van der Waals surface area contributed by atoms with Gasteiger partial charge in [0.1, 0.15) is 23.1 Å². The molecule has 2 aromatic carbocycles. The van der Waals surface area contributed by atoms with E-state index in [1.54, 1.807) is 44.8 Å². The highest BCUT2D eigenvalue weighted by Crippen LogP contribution is 2.53. The standard InChI is InChI=1S/C41H42N6O7/c1-44-22-31(28-6-9-42-18-30(28)38(44)50)23-14-33(53-2)36(34(15-23)54-3)40(52)45-10-7-41(8-11-45)16-27(17-41)46-19-24-12-26-21-47(32-4-5-35(48)43-37(32)49)39(51)29(26)13-25(24)20-46/h6,9,12-15,18,22,27,32H,4-5,7-8,10-11,16-17,19-21H2,1-3H3,(H,43,48,49). The van der Waals surface area contributed by atoms with Gasteiger partial charge in [0, 0.05) is 82.0 Å². The van der Waals surface area contributed by atoms with E-state index in [9.17, 15) is 24.0 Å². The number of carbonyl (C=O) groups is 4. The molecule has 54 heavy (non-hydrogen) atoms. The van der Waals surface area contributed by atoms with Gasteiger partial charge in [-0.15, -0.1) is 0 Å². The van der Waals surface area contributed by atoms with Crippen molar-refractivity contribution >= 4 is 34.4 Å². The zero-order valence-electron chi connectivity index (χ0n) is 30.6. The van der Waals surface area contributed by atoms with Gasteiger partial charge in [0.25, 0.3) is 17.4 Å². The Labute approximate surface area is 311 Å². The van der Waals surface area contributed by atoms with Crippen LogP contribution in [0.25, 0.3) is 21.9 Å². The van der Waals surface area contributed by atoms with E-state index in [0.29, 0.717) is 60.1 Å². The summed E-state index contributed by atoms with van der Waals surface area (Å²) in [5.74, 6) is -0.0954. The molecule has 2 aromatic heterocycles. The van der Waals surface area contributed by atoms with Crippen molar-refractivity contribution < 1.29 is 28.7 Å². The summed E-state index contributed by atoms with van der Waals surface area (Å²) in [6, 6.07) is 9.49. The highest BCUT2D eigenvalue weighted by molar-refractivity contribution is 6.06. The van der Waals surface area contributed by atoms with Crippen molar-refractivity contribution in [2.75, 3.05) is 27.3 Å². The summed E-state index contributed by atoms with van der Waals surface area (Å²) in [6.45, 7) is 3.32. The lowest BCUT2D eigenvalue weighted by molar-refractivity contribution is -0.136. The number of likely N-dealkylation sites (tertiary alicyclic amines) is 1. The molecule has 2 saturated heterocycles. The number of piperidine rings is 2. The Morgan fingerprint density at radius 1 is 0.889 bits per heavy atom. The number of carbonyl (C=O) groups excluding carboxylic acids is 4. The fraction of sp³-hybridized carbons (Fsp3) is 0.415. The van der Waals surface area contributed by atoms with Crippen molar-refractivity contribution in [3.05, 3.63) is 87.1 Å². The van der Waals surface area contributed by atoms with Crippen LogP contribution in [0.2, 0.25) is 0 Å². The van der Waals surface area contributed by atoms with Gasteiger partial charge in [-0.3, -0.25) is 39.2 Å². The lowest BCUT2D eigenvalue weighted by atomic mass is 9.60. The third-order valence-corrected chi connectivity index (χ3v) is 12.6. The molecule has 1 spiro atoms. The van der Waals surface area contributed by atoms with E-state index in [0.717, 1.165) is 60.8 Å². The fourth-order valence-corrected chi connectivity index (χ4v) is 9.53. The summed E-state index contributed by atoms with van der Waals surface area (Å²) in [4.78, 5) is 74.6. The molecular formula is C41H42N6O7. The van der Waals surface area contributed by atoms with Gasteiger partial charge < -0.3 is 23.8 Å². The molecule has 1 aliphatic carbocycles. The number of hydrogen-bond acceptors (Lipinski definition) is 9. The molecule has 3 fully saturated rings. The van der Waals surface area contributed by atoms with Crippen molar-refractivity contribution in [2.45, 2.75) is 70.2 Å². The van der Waals surface area contributed by atoms with Gasteiger partial charge in [0.15, 0.2) is 0 Å². The van der Waals surface area contributed by atoms with Crippen molar-refractivity contribution in [3.8, 4) is 22.6 Å². The Balaban J connectivity index is 0.849. The summed E-state index contributed by atoms with van der Waals surface area (Å²) in [5, 5.41) is 3.64. The summed E-state index contributed by atoms with van der Waals surface area (Å²) in [6.07, 6.45) is 9.62. The van der Waals surface area contributed by atoms with Crippen LogP contribution in [0.3, 0.4) is 0 Å². The van der Waals surface area contributed by atoms with Crippen LogP contribution in [0.4, 0.5) is 0 Å². The van der Waals surface area contributed by atoms with Crippen molar-refractivity contribution in [1.82, 2.24) is 29.6 Å². The number of pyridine rings is 2. The van der Waals surface area contributed by atoms with Gasteiger partial charge in [-0.2, -0.15) is 0 Å². The number of aryl methyl sites for hydroxylation is 1. The highest BCUT2D eigenvalue weighted by atomic mass is 16.5. The molecule has 9 rings (SSSR count). The first-order valence-corrected chi connectivity index (χ1v) is 18.6. The van der Waals surface area contributed by atoms with Gasteiger partial charge >= 0.3 is 0 Å². The van der Waals surface area contributed by atoms with Gasteiger partial charge in [0.05, 0.1) is 19.6 Å². The second kappa shape index (κ2) is 12.8. The molecule has 1 atom stereocenters. The smallest absolute Gasteiger partial charge is 0.261 e. The maximum atomic E-state index is 14.1. The molecule has 1 saturated carbocycles. The first-order chi connectivity index (χ1) is 26.1. The van der Waals surface area contributed by atoms with Crippen molar-refractivity contribution in [1.29, 1.82) is 0 Å². The second-order valence-corrected chi connectivity index (χ2v) is 15.6.